The third-order valence-corrected chi connectivity index (χ3v) is 6.59. The van der Waals surface area contributed by atoms with Crippen molar-refractivity contribution in [2.75, 3.05) is 33.4 Å². The van der Waals surface area contributed by atoms with Crippen LogP contribution in [0.15, 0.2) is 40.7 Å². The molecule has 0 aliphatic carbocycles. The van der Waals surface area contributed by atoms with Crippen molar-refractivity contribution in [3.63, 3.8) is 0 Å². The number of hydrogen-bond acceptors (Lipinski definition) is 4. The Labute approximate surface area is 165 Å². The van der Waals surface area contributed by atoms with Crippen molar-refractivity contribution in [1.29, 1.82) is 0 Å². The number of aliphatic imine (C=N–C) groups is 1. The lowest BCUT2D eigenvalue weighted by Gasteiger charge is -2.24. The first-order chi connectivity index (χ1) is 13.3. The van der Waals surface area contributed by atoms with E-state index in [1.54, 1.807) is 11.3 Å². The summed E-state index contributed by atoms with van der Waals surface area (Å²) in [4.78, 5) is 11.7. The van der Waals surface area contributed by atoms with Crippen LogP contribution >= 0.6 is 11.3 Å². The van der Waals surface area contributed by atoms with Crippen molar-refractivity contribution in [3.8, 4) is 0 Å². The van der Waals surface area contributed by atoms with E-state index in [2.05, 4.69) is 50.9 Å². The highest BCUT2D eigenvalue weighted by atomic mass is 32.1. The van der Waals surface area contributed by atoms with E-state index in [9.17, 15) is 0 Å². The molecule has 2 saturated heterocycles. The van der Waals surface area contributed by atoms with Gasteiger partial charge in [-0.1, -0.05) is 30.3 Å². The van der Waals surface area contributed by atoms with E-state index in [1.165, 1.54) is 23.4 Å². The standard InChI is InChI=1S/C21H28N4OS/c1-22-20(25-11-9-21(15-25)10-12-26-16-21)23-13-18-14-27-19(24-18)8-7-17-5-3-2-4-6-17/h2-6,14H,7-13,15-16H2,1H3,(H,22,23). The Bertz CT molecular complexity index is 767. The molecule has 1 N–H and O–H groups in total. The van der Waals surface area contributed by atoms with Gasteiger partial charge in [-0.15, -0.1) is 11.3 Å². The quantitative estimate of drug-likeness (QED) is 0.636. The van der Waals surface area contributed by atoms with E-state index in [4.69, 9.17) is 9.72 Å². The van der Waals surface area contributed by atoms with Crippen molar-refractivity contribution < 1.29 is 4.74 Å². The molecule has 0 radical (unpaired) electrons. The Morgan fingerprint density at radius 3 is 2.96 bits per heavy atom. The number of ether oxygens (including phenoxy) is 1. The Morgan fingerprint density at radius 2 is 2.19 bits per heavy atom. The van der Waals surface area contributed by atoms with Crippen LogP contribution in [0.5, 0.6) is 0 Å². The number of aromatic nitrogens is 1. The zero-order chi connectivity index (χ0) is 18.5. The van der Waals surface area contributed by atoms with Crippen molar-refractivity contribution >= 4 is 17.3 Å². The third kappa shape index (κ3) is 4.50. The highest BCUT2D eigenvalue weighted by Gasteiger charge is 2.42. The van der Waals surface area contributed by atoms with Crippen molar-refractivity contribution in [2.24, 2.45) is 10.4 Å². The molecule has 2 aliphatic rings. The molecule has 2 aliphatic heterocycles. The number of likely N-dealkylation sites (tertiary alicyclic amines) is 1. The smallest absolute Gasteiger partial charge is 0.193 e. The van der Waals surface area contributed by atoms with E-state index >= 15 is 0 Å². The molecule has 1 unspecified atom stereocenters. The molecule has 6 heteroatoms. The highest BCUT2D eigenvalue weighted by Crippen LogP contribution is 2.38. The third-order valence-electron chi connectivity index (χ3n) is 5.63. The average Bonchev–Trinajstić information content (AvgIpc) is 3.45. The summed E-state index contributed by atoms with van der Waals surface area (Å²) in [5.41, 5.74) is 2.82. The second-order valence-electron chi connectivity index (χ2n) is 7.59. The SMILES string of the molecule is CN=C(NCc1csc(CCc2ccccc2)n1)N1CCC2(CCOC2)C1. The highest BCUT2D eigenvalue weighted by molar-refractivity contribution is 7.09. The number of nitrogens with one attached hydrogen (secondary N) is 1. The van der Waals surface area contributed by atoms with Crippen molar-refractivity contribution in [3.05, 3.63) is 52.0 Å². The molecule has 2 fully saturated rings. The lowest BCUT2D eigenvalue weighted by molar-refractivity contribution is 0.156. The summed E-state index contributed by atoms with van der Waals surface area (Å²) < 4.78 is 5.64. The summed E-state index contributed by atoms with van der Waals surface area (Å²) >= 11 is 1.75. The van der Waals surface area contributed by atoms with Gasteiger partial charge in [0, 0.05) is 44.0 Å². The van der Waals surface area contributed by atoms with Gasteiger partial charge in [0.2, 0.25) is 0 Å². The van der Waals surface area contributed by atoms with Gasteiger partial charge in [-0.2, -0.15) is 0 Å². The Balaban J connectivity index is 1.27. The molecule has 1 aromatic carbocycles. The first kappa shape index (κ1) is 18.4. The van der Waals surface area contributed by atoms with Crippen LogP contribution in [0.1, 0.15) is 29.1 Å². The molecule has 5 nitrogen and oxygen atoms in total. The lowest BCUT2D eigenvalue weighted by atomic mass is 9.87. The van der Waals surface area contributed by atoms with E-state index in [0.717, 1.165) is 57.3 Å². The minimum Gasteiger partial charge on any atom is -0.381 e. The normalized spacial score (nSPS) is 22.7. The first-order valence-electron chi connectivity index (χ1n) is 9.77. The van der Waals surface area contributed by atoms with Gasteiger partial charge in [0.15, 0.2) is 5.96 Å². The summed E-state index contributed by atoms with van der Waals surface area (Å²) in [6.45, 7) is 4.64. The summed E-state index contributed by atoms with van der Waals surface area (Å²) in [7, 11) is 1.87. The molecule has 1 aromatic heterocycles. The first-order valence-corrected chi connectivity index (χ1v) is 10.6. The minimum atomic E-state index is 0.350. The molecule has 3 heterocycles. The number of guanidine groups is 1. The van der Waals surface area contributed by atoms with Gasteiger partial charge in [0.1, 0.15) is 0 Å². The monoisotopic (exact) mass is 384 g/mol. The van der Waals surface area contributed by atoms with Gasteiger partial charge in [0.05, 0.1) is 23.9 Å². The molecule has 27 heavy (non-hydrogen) atoms. The second-order valence-corrected chi connectivity index (χ2v) is 8.54. The van der Waals surface area contributed by atoms with E-state index in [0.29, 0.717) is 5.41 Å². The fraction of sp³-hybridized carbons (Fsp3) is 0.524. The predicted molar refractivity (Wildman–Crippen MR) is 110 cm³/mol. The molecule has 1 atom stereocenters. The van der Waals surface area contributed by atoms with Crippen LogP contribution in [0, 0.1) is 5.41 Å². The molecular formula is C21H28N4OS. The molecule has 4 rings (SSSR count). The van der Waals surface area contributed by atoms with E-state index in [1.807, 2.05) is 7.05 Å². The van der Waals surface area contributed by atoms with Gasteiger partial charge in [-0.05, 0) is 24.8 Å². The van der Waals surface area contributed by atoms with Crippen molar-refractivity contribution in [2.45, 2.75) is 32.2 Å². The number of aryl methyl sites for hydroxylation is 2. The maximum atomic E-state index is 5.64. The Morgan fingerprint density at radius 1 is 1.30 bits per heavy atom. The molecule has 0 saturated carbocycles. The van der Waals surface area contributed by atoms with Gasteiger partial charge >= 0.3 is 0 Å². The number of nitrogens with zero attached hydrogens (tertiary/aromatic N) is 3. The number of hydrogen-bond donors (Lipinski definition) is 1. The number of thiazole rings is 1. The molecule has 0 amide bonds. The van der Waals surface area contributed by atoms with Crippen molar-refractivity contribution in [1.82, 2.24) is 15.2 Å². The zero-order valence-electron chi connectivity index (χ0n) is 16.0. The van der Waals surface area contributed by atoms with E-state index in [-0.39, 0.29) is 0 Å². The van der Waals surface area contributed by atoms with Crippen LogP contribution in [0.3, 0.4) is 0 Å². The van der Waals surface area contributed by atoms with Gasteiger partial charge in [-0.25, -0.2) is 4.98 Å². The molecule has 0 bridgehead atoms. The van der Waals surface area contributed by atoms with Crippen LogP contribution in [0.2, 0.25) is 0 Å². The Hall–Kier alpha value is -1.92. The fourth-order valence-corrected chi connectivity index (χ4v) is 4.83. The number of rotatable bonds is 5. The Kier molecular flexibility index (Phi) is 5.74. The fourth-order valence-electron chi connectivity index (χ4n) is 4.03. The van der Waals surface area contributed by atoms with Crippen LogP contribution in [0.25, 0.3) is 0 Å². The van der Waals surface area contributed by atoms with Crippen LogP contribution in [0.4, 0.5) is 0 Å². The molecule has 144 valence electrons. The van der Waals surface area contributed by atoms with Crippen LogP contribution in [-0.4, -0.2) is 49.2 Å². The van der Waals surface area contributed by atoms with Gasteiger partial charge < -0.3 is 15.0 Å². The van der Waals surface area contributed by atoms with Gasteiger partial charge in [-0.3, -0.25) is 4.99 Å². The van der Waals surface area contributed by atoms with Crippen LogP contribution < -0.4 is 5.32 Å². The molecule has 1 spiro atoms. The predicted octanol–water partition coefficient (Wildman–Crippen LogP) is 3.12. The maximum Gasteiger partial charge on any atom is 0.193 e. The summed E-state index contributed by atoms with van der Waals surface area (Å²) in [6.07, 6.45) is 4.42. The summed E-state index contributed by atoms with van der Waals surface area (Å²) in [5, 5.41) is 6.87. The second kappa shape index (κ2) is 8.40. The maximum absolute atomic E-state index is 5.64. The average molecular weight is 385 g/mol. The topological polar surface area (TPSA) is 49.8 Å². The largest absolute Gasteiger partial charge is 0.381 e. The molecule has 2 aromatic rings. The minimum absolute atomic E-state index is 0.350. The van der Waals surface area contributed by atoms with Gasteiger partial charge in [0.25, 0.3) is 0 Å². The number of benzene rings is 1. The lowest BCUT2D eigenvalue weighted by Crippen LogP contribution is -2.41. The van der Waals surface area contributed by atoms with Crippen LogP contribution in [-0.2, 0) is 24.1 Å². The summed E-state index contributed by atoms with van der Waals surface area (Å²) in [5.74, 6) is 0.984. The molecular weight excluding hydrogens is 356 g/mol. The zero-order valence-corrected chi connectivity index (χ0v) is 16.8. The summed E-state index contributed by atoms with van der Waals surface area (Å²) in [6, 6.07) is 10.6. The van der Waals surface area contributed by atoms with E-state index < -0.39 is 0 Å².